The van der Waals surface area contributed by atoms with Crippen LogP contribution in [0.15, 0.2) is 29.2 Å². The first-order valence-corrected chi connectivity index (χ1v) is 8.03. The summed E-state index contributed by atoms with van der Waals surface area (Å²) in [6.45, 7) is 4.89. The Morgan fingerprint density at radius 2 is 2.23 bits per heavy atom. The van der Waals surface area contributed by atoms with Crippen LogP contribution in [-0.2, 0) is 6.54 Å². The normalized spacial score (nSPS) is 19.5. The van der Waals surface area contributed by atoms with E-state index in [2.05, 4.69) is 22.2 Å². The van der Waals surface area contributed by atoms with Crippen molar-refractivity contribution in [2.24, 2.45) is 0 Å². The van der Waals surface area contributed by atoms with E-state index in [0.717, 1.165) is 43.0 Å². The van der Waals surface area contributed by atoms with Gasteiger partial charge in [0.15, 0.2) is 0 Å². The Kier molecular flexibility index (Phi) is 4.55. The number of aryl methyl sites for hydroxylation is 1. The standard InChI is InChI=1S/C17H24N4O/c1-13-5-6-16-19-14(10-17(22)21(16)11-13)12-20(2)15-4-3-8-18-9-7-15/h5-6,10-11,15,18H,3-4,7-9,12H2,1-2H3. The zero-order chi connectivity index (χ0) is 15.5. The minimum absolute atomic E-state index is 0.000340. The van der Waals surface area contributed by atoms with Crippen LogP contribution in [0.1, 0.15) is 30.5 Å². The minimum atomic E-state index is -0.000340. The summed E-state index contributed by atoms with van der Waals surface area (Å²) in [7, 11) is 2.13. The van der Waals surface area contributed by atoms with Gasteiger partial charge in [-0.2, -0.15) is 0 Å². The van der Waals surface area contributed by atoms with Crippen molar-refractivity contribution in [3.8, 4) is 0 Å². The average molecular weight is 300 g/mol. The molecule has 3 heterocycles. The Morgan fingerprint density at radius 3 is 3.09 bits per heavy atom. The van der Waals surface area contributed by atoms with Crippen LogP contribution < -0.4 is 10.9 Å². The fraction of sp³-hybridized carbons (Fsp3) is 0.529. The monoisotopic (exact) mass is 300 g/mol. The summed E-state index contributed by atoms with van der Waals surface area (Å²) in [5.41, 5.74) is 2.64. The molecule has 0 radical (unpaired) electrons. The number of rotatable bonds is 3. The summed E-state index contributed by atoms with van der Waals surface area (Å²) in [6.07, 6.45) is 5.41. The molecule has 1 aliphatic rings. The van der Waals surface area contributed by atoms with Crippen LogP contribution in [0.3, 0.4) is 0 Å². The van der Waals surface area contributed by atoms with Crippen molar-refractivity contribution in [3.63, 3.8) is 0 Å². The van der Waals surface area contributed by atoms with E-state index in [0.29, 0.717) is 6.04 Å². The van der Waals surface area contributed by atoms with Gasteiger partial charge in [-0.3, -0.25) is 14.1 Å². The Bertz CT molecular complexity index is 701. The summed E-state index contributed by atoms with van der Waals surface area (Å²) in [5, 5.41) is 3.44. The lowest BCUT2D eigenvalue weighted by Gasteiger charge is -2.26. The van der Waals surface area contributed by atoms with E-state index in [1.54, 1.807) is 10.5 Å². The highest BCUT2D eigenvalue weighted by atomic mass is 16.1. The van der Waals surface area contributed by atoms with E-state index in [1.165, 1.54) is 12.8 Å². The molecule has 1 fully saturated rings. The number of aromatic nitrogens is 2. The second-order valence-corrected chi connectivity index (χ2v) is 6.27. The second-order valence-electron chi connectivity index (χ2n) is 6.27. The lowest BCUT2D eigenvalue weighted by Crippen LogP contribution is -2.33. The maximum absolute atomic E-state index is 12.3. The Hall–Kier alpha value is -1.72. The molecule has 0 aromatic carbocycles. The molecule has 0 saturated carbocycles. The molecule has 0 amide bonds. The van der Waals surface area contributed by atoms with Gasteiger partial charge in [-0.25, -0.2) is 4.98 Å². The Balaban J connectivity index is 1.81. The zero-order valence-corrected chi connectivity index (χ0v) is 13.4. The molecule has 1 unspecified atom stereocenters. The first kappa shape index (κ1) is 15.2. The van der Waals surface area contributed by atoms with Gasteiger partial charge in [-0.15, -0.1) is 0 Å². The third-order valence-electron chi connectivity index (χ3n) is 4.44. The van der Waals surface area contributed by atoms with E-state index in [1.807, 2.05) is 25.3 Å². The molecular weight excluding hydrogens is 276 g/mol. The Labute approximate surface area is 131 Å². The average Bonchev–Trinajstić information content (AvgIpc) is 2.77. The largest absolute Gasteiger partial charge is 0.317 e. The molecule has 1 aliphatic heterocycles. The van der Waals surface area contributed by atoms with Crippen molar-refractivity contribution in [1.29, 1.82) is 0 Å². The van der Waals surface area contributed by atoms with Gasteiger partial charge in [-0.1, -0.05) is 6.07 Å². The number of nitrogens with one attached hydrogen (secondary N) is 1. The molecule has 3 rings (SSSR count). The quantitative estimate of drug-likeness (QED) is 0.935. The molecule has 0 aliphatic carbocycles. The molecule has 0 spiro atoms. The maximum Gasteiger partial charge on any atom is 0.258 e. The van der Waals surface area contributed by atoms with Gasteiger partial charge in [0.25, 0.3) is 5.56 Å². The van der Waals surface area contributed by atoms with Crippen LogP contribution in [0.2, 0.25) is 0 Å². The Morgan fingerprint density at radius 1 is 1.36 bits per heavy atom. The molecule has 118 valence electrons. The molecular formula is C17H24N4O. The zero-order valence-electron chi connectivity index (χ0n) is 13.4. The van der Waals surface area contributed by atoms with E-state index < -0.39 is 0 Å². The van der Waals surface area contributed by atoms with Gasteiger partial charge in [-0.05, 0) is 58.0 Å². The molecule has 5 nitrogen and oxygen atoms in total. The molecule has 1 N–H and O–H groups in total. The van der Waals surface area contributed by atoms with Crippen LogP contribution >= 0.6 is 0 Å². The summed E-state index contributed by atoms with van der Waals surface area (Å²) >= 11 is 0. The molecule has 0 bridgehead atoms. The lowest BCUT2D eigenvalue weighted by atomic mass is 10.1. The first-order chi connectivity index (χ1) is 10.6. The fourth-order valence-corrected chi connectivity index (χ4v) is 3.17. The van der Waals surface area contributed by atoms with Gasteiger partial charge in [0, 0.05) is 24.8 Å². The summed E-state index contributed by atoms with van der Waals surface area (Å²) < 4.78 is 1.62. The number of hydrogen-bond acceptors (Lipinski definition) is 4. The molecule has 1 saturated heterocycles. The summed E-state index contributed by atoms with van der Waals surface area (Å²) in [4.78, 5) is 19.2. The van der Waals surface area contributed by atoms with Gasteiger partial charge in [0.05, 0.1) is 5.69 Å². The van der Waals surface area contributed by atoms with Gasteiger partial charge >= 0.3 is 0 Å². The van der Waals surface area contributed by atoms with Gasteiger partial charge in [0.2, 0.25) is 0 Å². The van der Waals surface area contributed by atoms with E-state index in [-0.39, 0.29) is 5.56 Å². The molecule has 5 heteroatoms. The van der Waals surface area contributed by atoms with E-state index in [9.17, 15) is 4.79 Å². The minimum Gasteiger partial charge on any atom is -0.317 e. The van der Waals surface area contributed by atoms with Crippen LogP contribution in [0.4, 0.5) is 0 Å². The summed E-state index contributed by atoms with van der Waals surface area (Å²) in [5.74, 6) is 0. The van der Waals surface area contributed by atoms with Gasteiger partial charge < -0.3 is 5.32 Å². The van der Waals surface area contributed by atoms with E-state index >= 15 is 0 Å². The summed E-state index contributed by atoms with van der Waals surface area (Å²) in [6, 6.07) is 6.13. The van der Waals surface area contributed by atoms with Crippen molar-refractivity contribution < 1.29 is 0 Å². The first-order valence-electron chi connectivity index (χ1n) is 8.03. The topological polar surface area (TPSA) is 49.6 Å². The molecule has 2 aromatic rings. The predicted molar refractivity (Wildman–Crippen MR) is 88.2 cm³/mol. The second kappa shape index (κ2) is 6.58. The number of fused-ring (bicyclic) bond motifs is 1. The third-order valence-corrected chi connectivity index (χ3v) is 4.44. The number of nitrogens with zero attached hydrogens (tertiary/aromatic N) is 3. The van der Waals surface area contributed by atoms with Crippen molar-refractivity contribution in [3.05, 3.63) is 46.0 Å². The van der Waals surface area contributed by atoms with Crippen LogP contribution in [0.5, 0.6) is 0 Å². The van der Waals surface area contributed by atoms with Crippen LogP contribution in [-0.4, -0.2) is 40.5 Å². The van der Waals surface area contributed by atoms with Crippen molar-refractivity contribution >= 4 is 5.65 Å². The van der Waals surface area contributed by atoms with Gasteiger partial charge in [0.1, 0.15) is 5.65 Å². The van der Waals surface area contributed by atoms with Crippen LogP contribution in [0.25, 0.3) is 5.65 Å². The molecule has 2 aromatic heterocycles. The highest BCUT2D eigenvalue weighted by molar-refractivity contribution is 5.39. The SMILES string of the molecule is Cc1ccc2nc(CN(C)C3CCCNCC3)cc(=O)n2c1. The molecule has 1 atom stereocenters. The van der Waals surface area contributed by atoms with Crippen molar-refractivity contribution in [1.82, 2.24) is 19.6 Å². The smallest absolute Gasteiger partial charge is 0.258 e. The van der Waals surface area contributed by atoms with Crippen molar-refractivity contribution in [2.75, 3.05) is 20.1 Å². The number of hydrogen-bond donors (Lipinski definition) is 1. The lowest BCUT2D eigenvalue weighted by molar-refractivity contribution is 0.214. The highest BCUT2D eigenvalue weighted by Crippen LogP contribution is 2.14. The number of pyridine rings is 1. The fourth-order valence-electron chi connectivity index (χ4n) is 3.17. The molecule has 22 heavy (non-hydrogen) atoms. The van der Waals surface area contributed by atoms with Crippen LogP contribution in [0, 0.1) is 6.92 Å². The maximum atomic E-state index is 12.3. The highest BCUT2D eigenvalue weighted by Gasteiger charge is 2.17. The van der Waals surface area contributed by atoms with E-state index in [4.69, 9.17) is 0 Å². The third kappa shape index (κ3) is 3.36. The van der Waals surface area contributed by atoms with Crippen molar-refractivity contribution in [2.45, 2.75) is 38.8 Å². The predicted octanol–water partition coefficient (Wildman–Crippen LogP) is 1.58.